The Morgan fingerprint density at radius 3 is 2.00 bits per heavy atom. The molecule has 0 unspecified atom stereocenters. The summed E-state index contributed by atoms with van der Waals surface area (Å²) in [6.45, 7) is 11.5. The number of nitrogens with one attached hydrogen (secondary N) is 1. The van der Waals surface area contributed by atoms with Gasteiger partial charge in [-0.3, -0.25) is 9.59 Å². The van der Waals surface area contributed by atoms with E-state index in [4.69, 9.17) is 0 Å². The smallest absolute Gasteiger partial charge is 0.225 e. The Bertz CT molecular complexity index is 251. The molecular weight excluding hydrogens is 202 g/mol. The van der Waals surface area contributed by atoms with E-state index >= 15 is 0 Å². The van der Waals surface area contributed by atoms with Crippen LogP contribution >= 0.6 is 0 Å². The molecule has 0 radical (unpaired) electrons. The number of amides is 1. The van der Waals surface area contributed by atoms with Crippen LogP contribution in [0.5, 0.6) is 0 Å². The number of hydrogen-bond donors (Lipinski definition) is 1. The van der Waals surface area contributed by atoms with Crippen molar-refractivity contribution in [2.75, 3.05) is 0 Å². The van der Waals surface area contributed by atoms with Gasteiger partial charge in [0.15, 0.2) is 5.78 Å². The standard InChI is InChI=1S/C13H25NO2/c1-7-11(15)10(8-9(2)3)14-12(16)13(4,5)6/h9-10H,7-8H2,1-6H3,(H,14,16)/t10-/m0/s1. The number of hydrogen-bond acceptors (Lipinski definition) is 2. The third-order valence-corrected chi connectivity index (χ3v) is 2.43. The first-order chi connectivity index (χ1) is 7.18. The first-order valence-electron chi connectivity index (χ1n) is 6.02. The van der Waals surface area contributed by atoms with Crippen molar-refractivity contribution in [3.8, 4) is 0 Å². The summed E-state index contributed by atoms with van der Waals surface area (Å²) in [5.41, 5.74) is -0.441. The van der Waals surface area contributed by atoms with Gasteiger partial charge in [-0.05, 0) is 12.3 Å². The lowest BCUT2D eigenvalue weighted by Crippen LogP contribution is -2.46. The topological polar surface area (TPSA) is 46.2 Å². The molecule has 0 aliphatic rings. The maximum atomic E-state index is 11.8. The summed E-state index contributed by atoms with van der Waals surface area (Å²) < 4.78 is 0. The minimum atomic E-state index is -0.441. The van der Waals surface area contributed by atoms with Crippen molar-refractivity contribution >= 4 is 11.7 Å². The zero-order valence-electron chi connectivity index (χ0n) is 11.4. The second kappa shape index (κ2) is 6.02. The van der Waals surface area contributed by atoms with E-state index in [2.05, 4.69) is 19.2 Å². The van der Waals surface area contributed by atoms with Gasteiger partial charge < -0.3 is 5.32 Å². The lowest BCUT2D eigenvalue weighted by molar-refractivity contribution is -0.133. The number of Topliss-reactive ketones (excluding diaryl/α,β-unsaturated/α-hetero) is 1. The Labute approximate surface area is 99.0 Å². The normalized spacial score (nSPS) is 13.7. The minimum Gasteiger partial charge on any atom is -0.346 e. The van der Waals surface area contributed by atoms with Gasteiger partial charge in [0.05, 0.1) is 6.04 Å². The van der Waals surface area contributed by atoms with E-state index in [1.54, 1.807) is 0 Å². The summed E-state index contributed by atoms with van der Waals surface area (Å²) in [4.78, 5) is 23.5. The Kier molecular flexibility index (Phi) is 5.70. The van der Waals surface area contributed by atoms with Crippen LogP contribution < -0.4 is 5.32 Å². The molecule has 3 heteroatoms. The van der Waals surface area contributed by atoms with Crippen LogP contribution in [0.3, 0.4) is 0 Å². The van der Waals surface area contributed by atoms with Gasteiger partial charge in [-0.1, -0.05) is 41.5 Å². The molecule has 0 aliphatic carbocycles. The fraction of sp³-hybridized carbons (Fsp3) is 0.846. The zero-order chi connectivity index (χ0) is 12.9. The van der Waals surface area contributed by atoms with Crippen LogP contribution in [0, 0.1) is 11.3 Å². The predicted octanol–water partition coefficient (Wildman–Crippen LogP) is 2.54. The van der Waals surface area contributed by atoms with Gasteiger partial charge >= 0.3 is 0 Å². The first-order valence-corrected chi connectivity index (χ1v) is 6.02. The van der Waals surface area contributed by atoms with Crippen LogP contribution in [-0.2, 0) is 9.59 Å². The highest BCUT2D eigenvalue weighted by Crippen LogP contribution is 2.15. The molecule has 0 aromatic heterocycles. The lowest BCUT2D eigenvalue weighted by Gasteiger charge is -2.24. The number of ketones is 1. The van der Waals surface area contributed by atoms with Crippen LogP contribution in [-0.4, -0.2) is 17.7 Å². The predicted molar refractivity (Wildman–Crippen MR) is 66.1 cm³/mol. The molecule has 16 heavy (non-hydrogen) atoms. The van der Waals surface area contributed by atoms with Gasteiger partial charge in [0.25, 0.3) is 0 Å². The van der Waals surface area contributed by atoms with Crippen LogP contribution in [0.15, 0.2) is 0 Å². The van der Waals surface area contributed by atoms with Crippen LogP contribution in [0.4, 0.5) is 0 Å². The summed E-state index contributed by atoms with van der Waals surface area (Å²) in [6, 6.07) is -0.322. The summed E-state index contributed by atoms with van der Waals surface area (Å²) >= 11 is 0. The SMILES string of the molecule is CCC(=O)[C@H](CC(C)C)NC(=O)C(C)(C)C. The molecular formula is C13H25NO2. The molecule has 3 nitrogen and oxygen atoms in total. The van der Waals surface area contributed by atoms with Crippen molar-refractivity contribution < 1.29 is 9.59 Å². The monoisotopic (exact) mass is 227 g/mol. The summed E-state index contributed by atoms with van der Waals surface area (Å²) in [5, 5.41) is 2.85. The second-order valence-electron chi connectivity index (χ2n) is 5.73. The molecule has 0 fully saturated rings. The maximum absolute atomic E-state index is 11.8. The molecule has 0 rings (SSSR count). The van der Waals surface area contributed by atoms with Gasteiger partial charge in [0.2, 0.25) is 5.91 Å². The van der Waals surface area contributed by atoms with Crippen molar-refractivity contribution in [2.24, 2.45) is 11.3 Å². The number of carbonyl (C=O) groups is 2. The van der Waals surface area contributed by atoms with E-state index in [0.29, 0.717) is 18.8 Å². The fourth-order valence-corrected chi connectivity index (χ4v) is 1.36. The Balaban J connectivity index is 4.55. The molecule has 0 bridgehead atoms. The summed E-state index contributed by atoms with van der Waals surface area (Å²) in [5.74, 6) is 0.465. The highest BCUT2D eigenvalue weighted by atomic mass is 16.2. The van der Waals surface area contributed by atoms with Crippen molar-refractivity contribution in [2.45, 2.75) is 60.4 Å². The van der Waals surface area contributed by atoms with Crippen LogP contribution in [0.2, 0.25) is 0 Å². The van der Waals surface area contributed by atoms with E-state index < -0.39 is 5.41 Å². The van der Waals surface area contributed by atoms with Crippen molar-refractivity contribution in [3.05, 3.63) is 0 Å². The van der Waals surface area contributed by atoms with E-state index in [9.17, 15) is 9.59 Å². The lowest BCUT2D eigenvalue weighted by atomic mass is 9.93. The molecule has 0 aromatic rings. The maximum Gasteiger partial charge on any atom is 0.225 e. The fourth-order valence-electron chi connectivity index (χ4n) is 1.36. The number of rotatable bonds is 5. The van der Waals surface area contributed by atoms with Crippen molar-refractivity contribution in [3.63, 3.8) is 0 Å². The molecule has 0 saturated heterocycles. The largest absolute Gasteiger partial charge is 0.346 e. The molecule has 1 N–H and O–H groups in total. The molecule has 0 heterocycles. The van der Waals surface area contributed by atoms with Gasteiger partial charge in [0, 0.05) is 11.8 Å². The minimum absolute atomic E-state index is 0.0556. The highest BCUT2D eigenvalue weighted by molar-refractivity contribution is 5.90. The van der Waals surface area contributed by atoms with Gasteiger partial charge in [0.1, 0.15) is 0 Å². The van der Waals surface area contributed by atoms with Gasteiger partial charge in [-0.25, -0.2) is 0 Å². The Hall–Kier alpha value is -0.860. The van der Waals surface area contributed by atoms with E-state index in [-0.39, 0.29) is 17.7 Å². The molecule has 0 saturated carbocycles. The summed E-state index contributed by atoms with van der Waals surface area (Å²) in [7, 11) is 0. The molecule has 1 amide bonds. The first kappa shape index (κ1) is 15.1. The van der Waals surface area contributed by atoms with E-state index in [1.165, 1.54) is 0 Å². The highest BCUT2D eigenvalue weighted by Gasteiger charge is 2.26. The van der Waals surface area contributed by atoms with Gasteiger partial charge in [-0.2, -0.15) is 0 Å². The van der Waals surface area contributed by atoms with Crippen LogP contribution in [0.25, 0.3) is 0 Å². The third-order valence-electron chi connectivity index (χ3n) is 2.43. The molecule has 0 aromatic carbocycles. The van der Waals surface area contributed by atoms with E-state index in [1.807, 2.05) is 27.7 Å². The van der Waals surface area contributed by atoms with E-state index in [0.717, 1.165) is 0 Å². The average molecular weight is 227 g/mol. The Morgan fingerprint density at radius 2 is 1.69 bits per heavy atom. The van der Waals surface area contributed by atoms with Crippen molar-refractivity contribution in [1.29, 1.82) is 0 Å². The quantitative estimate of drug-likeness (QED) is 0.784. The second-order valence-corrected chi connectivity index (χ2v) is 5.73. The van der Waals surface area contributed by atoms with Crippen molar-refractivity contribution in [1.82, 2.24) is 5.32 Å². The molecule has 1 atom stereocenters. The van der Waals surface area contributed by atoms with Gasteiger partial charge in [-0.15, -0.1) is 0 Å². The summed E-state index contributed by atoms with van der Waals surface area (Å²) in [6.07, 6.45) is 1.19. The number of carbonyl (C=O) groups excluding carboxylic acids is 2. The molecule has 0 aliphatic heterocycles. The molecule has 94 valence electrons. The average Bonchev–Trinajstić information content (AvgIpc) is 2.13. The third kappa shape index (κ3) is 5.29. The molecule has 0 spiro atoms. The Morgan fingerprint density at radius 1 is 1.19 bits per heavy atom. The zero-order valence-corrected chi connectivity index (χ0v) is 11.4. The van der Waals surface area contributed by atoms with Crippen LogP contribution in [0.1, 0.15) is 54.4 Å².